The van der Waals surface area contributed by atoms with Gasteiger partial charge in [0.2, 0.25) is 0 Å². The zero-order valence-electron chi connectivity index (χ0n) is 23.4. The lowest BCUT2D eigenvalue weighted by Gasteiger charge is -2.26. The van der Waals surface area contributed by atoms with Gasteiger partial charge in [-0.15, -0.1) is 0 Å². The van der Waals surface area contributed by atoms with Gasteiger partial charge in [0.05, 0.1) is 15.9 Å². The molecule has 0 saturated carbocycles. The number of thiazole rings is 1. The standard InChI is InChI=1S/C32H36FN5O2S/c1-2-23(10-5-9-19-38-17-7-3-8-18-38)31(39)35-25-12-14-28-30(21-25)41-32(37-28)36-24-13-15-29(27(33)20-24)40-22-26-11-4-6-16-34-26/h2,4,6,11-16,20-21H,3,5,7-10,17-19,22H2,1H3,(H,35,39)(H,36,37). The molecule has 2 aromatic heterocycles. The van der Waals surface area contributed by atoms with E-state index in [2.05, 4.69) is 25.5 Å². The van der Waals surface area contributed by atoms with Gasteiger partial charge in [-0.3, -0.25) is 9.78 Å². The van der Waals surface area contributed by atoms with Crippen molar-refractivity contribution in [2.45, 2.75) is 52.1 Å². The molecule has 2 aromatic carbocycles. The molecule has 0 unspecified atom stereocenters. The van der Waals surface area contributed by atoms with Crippen LogP contribution in [0.3, 0.4) is 0 Å². The number of rotatable bonds is 12. The number of carbonyl (C=O) groups is 1. The predicted molar refractivity (Wildman–Crippen MR) is 164 cm³/mol. The van der Waals surface area contributed by atoms with Crippen molar-refractivity contribution < 1.29 is 13.9 Å². The number of carbonyl (C=O) groups excluding carboxylic acids is 1. The molecule has 0 atom stereocenters. The Morgan fingerprint density at radius 1 is 1.07 bits per heavy atom. The first-order chi connectivity index (χ1) is 20.1. The first-order valence-electron chi connectivity index (χ1n) is 14.3. The topological polar surface area (TPSA) is 79.4 Å². The number of unbranched alkanes of at least 4 members (excludes halogenated alkanes) is 1. The smallest absolute Gasteiger partial charge is 0.251 e. The number of allylic oxidation sites excluding steroid dienone is 1. The summed E-state index contributed by atoms with van der Waals surface area (Å²) in [4.78, 5) is 24.3. The number of halogens is 1. The summed E-state index contributed by atoms with van der Waals surface area (Å²) in [6.45, 7) is 5.65. The molecule has 0 radical (unpaired) electrons. The minimum absolute atomic E-state index is 0.0616. The van der Waals surface area contributed by atoms with Crippen molar-refractivity contribution in [1.82, 2.24) is 14.9 Å². The molecule has 0 spiro atoms. The lowest BCUT2D eigenvalue weighted by Crippen LogP contribution is -2.30. The number of amides is 1. The number of pyridine rings is 1. The largest absolute Gasteiger partial charge is 0.484 e. The van der Waals surface area contributed by atoms with Crippen LogP contribution < -0.4 is 15.4 Å². The first kappa shape index (κ1) is 28.7. The summed E-state index contributed by atoms with van der Waals surface area (Å²) >= 11 is 1.44. The molecule has 1 aliphatic rings. The number of likely N-dealkylation sites (tertiary alicyclic amines) is 1. The summed E-state index contributed by atoms with van der Waals surface area (Å²) in [7, 11) is 0. The highest BCUT2D eigenvalue weighted by atomic mass is 32.1. The van der Waals surface area contributed by atoms with E-state index < -0.39 is 5.82 Å². The maximum atomic E-state index is 14.7. The molecule has 41 heavy (non-hydrogen) atoms. The van der Waals surface area contributed by atoms with E-state index in [0.717, 1.165) is 53.0 Å². The van der Waals surface area contributed by atoms with E-state index in [0.29, 0.717) is 10.8 Å². The zero-order chi connectivity index (χ0) is 28.4. The van der Waals surface area contributed by atoms with Gasteiger partial charge in [-0.2, -0.15) is 0 Å². The molecule has 1 fully saturated rings. The summed E-state index contributed by atoms with van der Waals surface area (Å²) in [6.07, 6.45) is 10.4. The number of anilines is 3. The fourth-order valence-electron chi connectivity index (χ4n) is 4.94. The van der Waals surface area contributed by atoms with Crippen molar-refractivity contribution >= 4 is 44.0 Å². The van der Waals surface area contributed by atoms with Gasteiger partial charge in [0.25, 0.3) is 5.91 Å². The molecule has 1 saturated heterocycles. The van der Waals surface area contributed by atoms with Crippen LogP contribution in [0.4, 0.5) is 20.9 Å². The van der Waals surface area contributed by atoms with Crippen LogP contribution in [0, 0.1) is 5.82 Å². The van der Waals surface area contributed by atoms with Crippen molar-refractivity contribution in [3.63, 3.8) is 0 Å². The van der Waals surface area contributed by atoms with Gasteiger partial charge in [-0.1, -0.05) is 29.9 Å². The molecular formula is C32H36FN5O2S. The highest BCUT2D eigenvalue weighted by Crippen LogP contribution is 2.32. The Bertz CT molecular complexity index is 1480. The van der Waals surface area contributed by atoms with Crippen LogP contribution in [-0.2, 0) is 11.4 Å². The van der Waals surface area contributed by atoms with Gasteiger partial charge < -0.3 is 20.3 Å². The molecule has 7 nitrogen and oxygen atoms in total. The molecule has 4 aromatic rings. The molecule has 0 aliphatic carbocycles. The van der Waals surface area contributed by atoms with E-state index in [1.807, 2.05) is 49.4 Å². The van der Waals surface area contributed by atoms with E-state index in [1.54, 1.807) is 18.3 Å². The van der Waals surface area contributed by atoms with Crippen molar-refractivity contribution in [2.75, 3.05) is 30.3 Å². The lowest BCUT2D eigenvalue weighted by atomic mass is 10.1. The average molecular weight is 574 g/mol. The second-order valence-electron chi connectivity index (χ2n) is 10.2. The van der Waals surface area contributed by atoms with Crippen LogP contribution in [0.15, 0.2) is 72.4 Å². The molecule has 0 bridgehead atoms. The Hall–Kier alpha value is -3.82. The predicted octanol–water partition coefficient (Wildman–Crippen LogP) is 7.69. The third-order valence-corrected chi connectivity index (χ3v) is 8.12. The number of nitrogens with zero attached hydrogens (tertiary/aromatic N) is 3. The van der Waals surface area contributed by atoms with Gasteiger partial charge in [0.15, 0.2) is 16.7 Å². The number of fused-ring (bicyclic) bond motifs is 1. The van der Waals surface area contributed by atoms with Gasteiger partial charge in [0.1, 0.15) is 6.61 Å². The molecule has 1 aliphatic heterocycles. The first-order valence-corrected chi connectivity index (χ1v) is 15.1. The van der Waals surface area contributed by atoms with E-state index in [1.165, 1.54) is 49.8 Å². The van der Waals surface area contributed by atoms with Crippen molar-refractivity contribution in [3.05, 3.63) is 84.0 Å². The molecule has 214 valence electrons. The summed E-state index contributed by atoms with van der Waals surface area (Å²) in [5.74, 6) is -0.370. The highest BCUT2D eigenvalue weighted by molar-refractivity contribution is 7.22. The van der Waals surface area contributed by atoms with E-state index in [-0.39, 0.29) is 18.3 Å². The number of nitrogens with one attached hydrogen (secondary N) is 2. The minimum Gasteiger partial charge on any atom is -0.484 e. The number of ether oxygens (including phenoxy) is 1. The number of piperidine rings is 1. The van der Waals surface area contributed by atoms with Crippen LogP contribution in [0.5, 0.6) is 5.75 Å². The second kappa shape index (κ2) is 14.2. The monoisotopic (exact) mass is 573 g/mol. The Labute approximate surface area is 244 Å². The fraction of sp³-hybridized carbons (Fsp3) is 0.344. The van der Waals surface area contributed by atoms with Gasteiger partial charge >= 0.3 is 0 Å². The summed E-state index contributed by atoms with van der Waals surface area (Å²) in [5.41, 5.74) is 3.63. The fourth-order valence-corrected chi connectivity index (χ4v) is 5.87. The highest BCUT2D eigenvalue weighted by Gasteiger charge is 2.13. The Balaban J connectivity index is 1.14. The van der Waals surface area contributed by atoms with E-state index in [4.69, 9.17) is 4.74 Å². The maximum Gasteiger partial charge on any atom is 0.251 e. The van der Waals surface area contributed by atoms with Crippen molar-refractivity contribution in [3.8, 4) is 5.75 Å². The molecular weight excluding hydrogens is 537 g/mol. The summed E-state index contributed by atoms with van der Waals surface area (Å²) < 4.78 is 21.2. The zero-order valence-corrected chi connectivity index (χ0v) is 24.2. The van der Waals surface area contributed by atoms with E-state index >= 15 is 0 Å². The third kappa shape index (κ3) is 8.11. The number of hydrogen-bond acceptors (Lipinski definition) is 7. The van der Waals surface area contributed by atoms with Gasteiger partial charge in [-0.05, 0) is 101 Å². The second-order valence-corrected chi connectivity index (χ2v) is 11.2. The minimum atomic E-state index is -0.469. The summed E-state index contributed by atoms with van der Waals surface area (Å²) in [5, 5.41) is 6.85. The van der Waals surface area contributed by atoms with Crippen LogP contribution in [0.25, 0.3) is 10.2 Å². The Morgan fingerprint density at radius 3 is 2.71 bits per heavy atom. The maximum absolute atomic E-state index is 14.7. The average Bonchev–Trinajstić information content (AvgIpc) is 3.39. The normalized spacial score (nSPS) is 14.2. The number of hydrogen-bond donors (Lipinski definition) is 2. The van der Waals surface area contributed by atoms with Crippen LogP contribution in [0.2, 0.25) is 0 Å². The lowest BCUT2D eigenvalue weighted by molar-refractivity contribution is -0.113. The summed E-state index contributed by atoms with van der Waals surface area (Å²) in [6, 6.07) is 15.9. The number of aromatic nitrogens is 2. The molecule has 3 heterocycles. The molecule has 2 N–H and O–H groups in total. The Kier molecular flexibility index (Phi) is 9.93. The Morgan fingerprint density at radius 2 is 1.93 bits per heavy atom. The van der Waals surface area contributed by atoms with Crippen LogP contribution >= 0.6 is 11.3 Å². The van der Waals surface area contributed by atoms with Crippen LogP contribution in [0.1, 0.15) is 51.1 Å². The molecule has 5 rings (SSSR count). The molecule has 1 amide bonds. The quantitative estimate of drug-likeness (QED) is 0.134. The van der Waals surface area contributed by atoms with Crippen molar-refractivity contribution in [1.29, 1.82) is 0 Å². The SMILES string of the molecule is CC=C(CCCCN1CCCCC1)C(=O)Nc1ccc2nc(Nc3ccc(OCc4ccccn4)c(F)c3)sc2c1. The number of benzene rings is 2. The van der Waals surface area contributed by atoms with Gasteiger partial charge in [0, 0.05) is 29.2 Å². The van der Waals surface area contributed by atoms with Crippen molar-refractivity contribution in [2.24, 2.45) is 0 Å². The third-order valence-electron chi connectivity index (χ3n) is 7.19. The van der Waals surface area contributed by atoms with E-state index in [9.17, 15) is 9.18 Å². The van der Waals surface area contributed by atoms with Gasteiger partial charge in [-0.25, -0.2) is 9.37 Å². The molecule has 9 heteroatoms. The van der Waals surface area contributed by atoms with Crippen LogP contribution in [-0.4, -0.2) is 40.4 Å².